The highest BCUT2D eigenvalue weighted by molar-refractivity contribution is 7.64. The van der Waals surface area contributed by atoms with Crippen LogP contribution in [-0.2, 0) is 17.1 Å². The van der Waals surface area contributed by atoms with Crippen LogP contribution in [0.25, 0.3) is 32.7 Å². The third kappa shape index (κ3) is 3.48. The molecule has 0 aliphatic carbocycles. The number of hydrogen-bond donors (Lipinski definition) is 0. The minimum Gasteiger partial charge on any atom is -0.479 e. The topological polar surface area (TPSA) is 21.6 Å². The fourth-order valence-corrected chi connectivity index (χ4v) is 8.52. The van der Waals surface area contributed by atoms with Gasteiger partial charge in [-0.2, -0.15) is 0 Å². The summed E-state index contributed by atoms with van der Waals surface area (Å²) < 4.78 is 5.75. The van der Waals surface area contributed by atoms with Gasteiger partial charge in [-0.1, -0.05) is 105 Å². The Morgan fingerprint density at radius 1 is 0.686 bits per heavy atom. The monoisotopic (exact) mass is 471 g/mol. The molecule has 0 fully saturated rings. The SMILES string of the molecule is CC1=N[C@@H](c2ccccc2P2Cc3ccc4ccccc4c3-c3c(ccc4ccccc34)C2)CO1. The third-order valence-electron chi connectivity index (χ3n) is 7.43. The normalized spacial score (nSPS) is 17.5. The van der Waals surface area contributed by atoms with E-state index in [1.165, 1.54) is 54.7 Å². The van der Waals surface area contributed by atoms with Gasteiger partial charge in [-0.15, -0.1) is 0 Å². The molecule has 0 bridgehead atoms. The second kappa shape index (κ2) is 8.33. The Bertz CT molecular complexity index is 1550. The van der Waals surface area contributed by atoms with Crippen molar-refractivity contribution in [2.45, 2.75) is 25.3 Å². The molecule has 2 aliphatic heterocycles. The van der Waals surface area contributed by atoms with E-state index in [1.54, 1.807) is 0 Å². The molecule has 3 heteroatoms. The van der Waals surface area contributed by atoms with Gasteiger partial charge in [0.25, 0.3) is 0 Å². The first kappa shape index (κ1) is 20.9. The Hall–Kier alpha value is -3.48. The first-order chi connectivity index (χ1) is 17.3. The third-order valence-corrected chi connectivity index (χ3v) is 9.96. The number of benzene rings is 5. The summed E-state index contributed by atoms with van der Waals surface area (Å²) in [5.41, 5.74) is 7.11. The molecule has 1 atom stereocenters. The van der Waals surface area contributed by atoms with Gasteiger partial charge in [0.2, 0.25) is 0 Å². The predicted molar refractivity (Wildman–Crippen MR) is 149 cm³/mol. The maximum atomic E-state index is 5.75. The van der Waals surface area contributed by atoms with Gasteiger partial charge in [-0.05, 0) is 67.0 Å². The van der Waals surface area contributed by atoms with Crippen molar-refractivity contribution >= 4 is 40.7 Å². The molecule has 35 heavy (non-hydrogen) atoms. The van der Waals surface area contributed by atoms with Crippen LogP contribution in [0.15, 0.2) is 102 Å². The molecule has 5 aromatic rings. The van der Waals surface area contributed by atoms with E-state index in [0.29, 0.717) is 6.61 Å². The van der Waals surface area contributed by atoms with Gasteiger partial charge in [0.05, 0.1) is 0 Å². The highest BCUT2D eigenvalue weighted by atomic mass is 31.1. The minimum atomic E-state index is -0.453. The molecule has 7 rings (SSSR count). The van der Waals surface area contributed by atoms with Crippen LogP contribution in [0, 0.1) is 0 Å². The van der Waals surface area contributed by atoms with E-state index in [1.807, 2.05) is 6.92 Å². The maximum absolute atomic E-state index is 5.75. The van der Waals surface area contributed by atoms with Crippen molar-refractivity contribution in [2.75, 3.05) is 6.61 Å². The first-order valence-corrected chi connectivity index (χ1v) is 14.0. The fourth-order valence-electron chi connectivity index (χ4n) is 5.84. The molecular formula is C32H26NOP. The molecule has 0 aromatic heterocycles. The van der Waals surface area contributed by atoms with Crippen LogP contribution in [0.1, 0.15) is 29.7 Å². The van der Waals surface area contributed by atoms with Gasteiger partial charge in [0.15, 0.2) is 5.90 Å². The van der Waals surface area contributed by atoms with Crippen molar-refractivity contribution in [3.8, 4) is 11.1 Å². The van der Waals surface area contributed by atoms with Crippen LogP contribution in [-0.4, -0.2) is 12.5 Å². The Kier molecular flexibility index (Phi) is 4.96. The largest absolute Gasteiger partial charge is 0.479 e. The Labute approximate surface area is 207 Å². The second-order valence-corrected chi connectivity index (χ2v) is 11.7. The molecule has 0 unspecified atom stereocenters. The van der Waals surface area contributed by atoms with Crippen molar-refractivity contribution in [1.29, 1.82) is 0 Å². The van der Waals surface area contributed by atoms with Crippen LogP contribution >= 0.6 is 7.92 Å². The maximum Gasteiger partial charge on any atom is 0.180 e. The molecular weight excluding hydrogens is 445 g/mol. The van der Waals surface area contributed by atoms with Crippen LogP contribution in [0.5, 0.6) is 0 Å². The second-order valence-electron chi connectivity index (χ2n) is 9.53. The number of fused-ring (bicyclic) bond motifs is 7. The zero-order valence-electron chi connectivity index (χ0n) is 19.7. The van der Waals surface area contributed by atoms with Crippen molar-refractivity contribution in [3.63, 3.8) is 0 Å². The number of ether oxygens (including phenoxy) is 1. The molecule has 2 heterocycles. The van der Waals surface area contributed by atoms with E-state index < -0.39 is 7.92 Å². The molecule has 2 nitrogen and oxygen atoms in total. The van der Waals surface area contributed by atoms with E-state index >= 15 is 0 Å². The van der Waals surface area contributed by atoms with Gasteiger partial charge in [0.1, 0.15) is 12.6 Å². The van der Waals surface area contributed by atoms with E-state index in [2.05, 4.69) is 97.1 Å². The molecule has 2 aliphatic rings. The van der Waals surface area contributed by atoms with Crippen molar-refractivity contribution < 1.29 is 4.74 Å². The first-order valence-electron chi connectivity index (χ1n) is 12.3. The molecule has 0 saturated heterocycles. The van der Waals surface area contributed by atoms with Gasteiger partial charge >= 0.3 is 0 Å². The van der Waals surface area contributed by atoms with E-state index in [0.717, 1.165) is 18.2 Å². The summed E-state index contributed by atoms with van der Waals surface area (Å²) in [6.07, 6.45) is 2.15. The van der Waals surface area contributed by atoms with Crippen molar-refractivity contribution in [1.82, 2.24) is 0 Å². The standard InChI is InChI=1S/C32H26NOP/c1-21-33-29(18-34-21)28-12-6-7-13-30(28)35-19-24-16-14-22-8-2-4-10-26(22)31(24)32-25(20-35)17-15-23-9-3-5-11-27(23)32/h2-17,29H,18-20H2,1H3/t29-/m1/s1. The van der Waals surface area contributed by atoms with Gasteiger partial charge < -0.3 is 4.74 Å². The van der Waals surface area contributed by atoms with E-state index in [9.17, 15) is 0 Å². The lowest BCUT2D eigenvalue weighted by atomic mass is 9.88. The number of hydrogen-bond acceptors (Lipinski definition) is 2. The Morgan fingerprint density at radius 3 is 1.86 bits per heavy atom. The minimum absolute atomic E-state index is 0.101. The summed E-state index contributed by atoms with van der Waals surface area (Å²) in [6, 6.07) is 36.2. The summed E-state index contributed by atoms with van der Waals surface area (Å²) in [4.78, 5) is 4.81. The van der Waals surface area contributed by atoms with Crippen molar-refractivity contribution in [2.24, 2.45) is 4.99 Å². The quantitative estimate of drug-likeness (QED) is 0.239. The van der Waals surface area contributed by atoms with Gasteiger partial charge in [-0.3, -0.25) is 0 Å². The van der Waals surface area contributed by atoms with Crippen LogP contribution in [0.3, 0.4) is 0 Å². The Morgan fingerprint density at radius 2 is 1.26 bits per heavy atom. The van der Waals surface area contributed by atoms with Gasteiger partial charge in [-0.25, -0.2) is 4.99 Å². The summed E-state index contributed by atoms with van der Waals surface area (Å²) in [6.45, 7) is 2.61. The fraction of sp³-hybridized carbons (Fsp3) is 0.156. The lowest BCUT2D eigenvalue weighted by Gasteiger charge is -2.22. The lowest BCUT2D eigenvalue weighted by molar-refractivity contribution is 0.317. The van der Waals surface area contributed by atoms with Crippen molar-refractivity contribution in [3.05, 3.63) is 114 Å². The zero-order valence-corrected chi connectivity index (χ0v) is 20.6. The average Bonchev–Trinajstić information content (AvgIpc) is 3.26. The van der Waals surface area contributed by atoms with Crippen LogP contribution in [0.4, 0.5) is 0 Å². The summed E-state index contributed by atoms with van der Waals surface area (Å²) >= 11 is 0. The number of nitrogens with zero attached hydrogens (tertiary/aromatic N) is 1. The van der Waals surface area contributed by atoms with Crippen LogP contribution in [0.2, 0.25) is 0 Å². The average molecular weight is 472 g/mol. The smallest absolute Gasteiger partial charge is 0.180 e. The highest BCUT2D eigenvalue weighted by Crippen LogP contribution is 2.53. The molecule has 0 radical (unpaired) electrons. The summed E-state index contributed by atoms with van der Waals surface area (Å²) in [5.74, 6) is 0.798. The summed E-state index contributed by atoms with van der Waals surface area (Å²) in [5, 5.41) is 6.80. The molecule has 0 N–H and O–H groups in total. The highest BCUT2D eigenvalue weighted by Gasteiger charge is 2.29. The number of aliphatic imine (C=N–C) groups is 1. The molecule has 0 spiro atoms. The zero-order chi connectivity index (χ0) is 23.4. The van der Waals surface area contributed by atoms with E-state index in [4.69, 9.17) is 9.73 Å². The number of rotatable bonds is 2. The predicted octanol–water partition coefficient (Wildman–Crippen LogP) is 7.97. The lowest BCUT2D eigenvalue weighted by Crippen LogP contribution is -2.14. The van der Waals surface area contributed by atoms with Gasteiger partial charge in [0, 0.05) is 6.92 Å². The molecule has 0 saturated carbocycles. The van der Waals surface area contributed by atoms with Crippen LogP contribution < -0.4 is 5.30 Å². The summed E-state index contributed by atoms with van der Waals surface area (Å²) in [7, 11) is -0.453. The van der Waals surface area contributed by atoms with E-state index in [-0.39, 0.29) is 6.04 Å². The molecule has 170 valence electrons. The Balaban J connectivity index is 1.48. The molecule has 0 amide bonds. The molecule has 5 aromatic carbocycles.